The van der Waals surface area contributed by atoms with E-state index >= 15 is 0 Å². The molecular weight excluding hydrogens is 560 g/mol. The summed E-state index contributed by atoms with van der Waals surface area (Å²) in [4.78, 5) is 43.4. The van der Waals surface area contributed by atoms with Gasteiger partial charge in [-0.05, 0) is 24.8 Å². The molecule has 1 atom stereocenters. The van der Waals surface area contributed by atoms with E-state index in [0.29, 0.717) is 19.8 Å². The Morgan fingerprint density at radius 2 is 1.57 bits per heavy atom. The Morgan fingerprint density at radius 1 is 1.05 bits per heavy atom. The van der Waals surface area contributed by atoms with Crippen LogP contribution in [0.4, 0.5) is 32.3 Å². The Kier molecular flexibility index (Phi) is 11.4. The average Bonchev–Trinajstić information content (AvgIpc) is 3.67. The number of ether oxygens (including phenoxy) is 2. The monoisotopic (exact) mass is 589 g/mol. The maximum absolute atomic E-state index is 12.6. The second-order valence-corrected chi connectivity index (χ2v) is 9.18. The number of carboxylic acid groups (broad SMARTS) is 2. The molecule has 3 fully saturated rings. The number of hydrogen-bond acceptors (Lipinski definition) is 9. The third kappa shape index (κ3) is 10.4. The zero-order valence-electron chi connectivity index (χ0n) is 21.2. The third-order valence-electron chi connectivity index (χ3n) is 5.86. The first-order valence-electron chi connectivity index (χ1n) is 11.8. The molecule has 3 heterocycles. The minimum Gasteiger partial charge on any atom is -0.475 e. The number of methoxy groups -OCH3 is 1. The number of carboxylic acids is 2. The molecule has 0 radical (unpaired) electrons. The van der Waals surface area contributed by atoms with E-state index in [0.717, 1.165) is 38.0 Å². The van der Waals surface area contributed by atoms with E-state index in [1.807, 2.05) is 6.07 Å². The molecule has 3 aliphatic rings. The summed E-state index contributed by atoms with van der Waals surface area (Å²) in [5.74, 6) is -4.00. The smallest absolute Gasteiger partial charge is 0.475 e. The molecule has 1 aromatic heterocycles. The van der Waals surface area contributed by atoms with Gasteiger partial charge in [-0.25, -0.2) is 19.6 Å². The number of hydrogen-bond donors (Lipinski definition) is 3. The van der Waals surface area contributed by atoms with Crippen LogP contribution in [-0.2, 0) is 23.9 Å². The van der Waals surface area contributed by atoms with Crippen LogP contribution >= 0.6 is 0 Å². The fraction of sp³-hybridized carbons (Fsp3) is 0.682. The summed E-state index contributed by atoms with van der Waals surface area (Å²) in [5, 5.41) is 17.2. The van der Waals surface area contributed by atoms with E-state index in [1.54, 1.807) is 19.5 Å². The quantitative estimate of drug-likeness (QED) is 0.310. The number of halogens is 6. The first-order valence-corrected chi connectivity index (χ1v) is 11.8. The molecule has 1 saturated carbocycles. The topological polar surface area (TPSA) is 154 Å². The lowest BCUT2D eigenvalue weighted by Gasteiger charge is -2.55. The highest BCUT2D eigenvalue weighted by molar-refractivity contribution is 5.82. The van der Waals surface area contributed by atoms with Crippen LogP contribution in [0, 0.1) is 5.92 Å². The predicted molar refractivity (Wildman–Crippen MR) is 123 cm³/mol. The molecule has 40 heavy (non-hydrogen) atoms. The van der Waals surface area contributed by atoms with Crippen molar-refractivity contribution in [1.82, 2.24) is 20.2 Å². The van der Waals surface area contributed by atoms with Gasteiger partial charge in [-0.3, -0.25) is 9.69 Å². The largest absolute Gasteiger partial charge is 0.490 e. The normalized spacial score (nSPS) is 20.3. The van der Waals surface area contributed by atoms with Crippen molar-refractivity contribution in [3.8, 4) is 0 Å². The highest BCUT2D eigenvalue weighted by Crippen LogP contribution is 2.36. The molecule has 1 aromatic rings. The molecule has 1 unspecified atom stereocenters. The number of anilines is 1. The number of carbonyl (C=O) groups excluding carboxylic acids is 1. The second kappa shape index (κ2) is 13.9. The summed E-state index contributed by atoms with van der Waals surface area (Å²) in [7, 11) is 1.64. The molecule has 12 nitrogen and oxygen atoms in total. The minimum atomic E-state index is -5.08. The molecule has 1 aliphatic carbocycles. The summed E-state index contributed by atoms with van der Waals surface area (Å²) in [5.41, 5.74) is -0.211. The van der Waals surface area contributed by atoms with Gasteiger partial charge in [0.15, 0.2) is 0 Å². The maximum atomic E-state index is 12.6. The Hall–Kier alpha value is -3.25. The van der Waals surface area contributed by atoms with Crippen molar-refractivity contribution in [2.75, 3.05) is 57.9 Å². The van der Waals surface area contributed by atoms with Crippen LogP contribution in [-0.4, -0.2) is 120 Å². The van der Waals surface area contributed by atoms with Crippen molar-refractivity contribution < 1.29 is 60.4 Å². The van der Waals surface area contributed by atoms with Crippen molar-refractivity contribution >= 4 is 23.8 Å². The van der Waals surface area contributed by atoms with Crippen molar-refractivity contribution in [1.29, 1.82) is 0 Å². The zero-order valence-corrected chi connectivity index (χ0v) is 21.2. The zero-order chi connectivity index (χ0) is 30.1. The Labute approximate surface area is 224 Å². The molecule has 0 aromatic carbocycles. The standard InChI is InChI=1S/C18H27N5O3.2C2HF3O2/c1-25-8-7-19-16(24)15-10-26-18(11-22(15)9-14-3-4-14)12-23(13-18)17-20-5-2-6-21-17;2*3-2(4,5)1(6)7/h2,5-6,14-15H,3-4,7-13H2,1H3,(H,19,24);2*(H,6,7). The fourth-order valence-corrected chi connectivity index (χ4v) is 3.78. The highest BCUT2D eigenvalue weighted by atomic mass is 19.4. The number of carbonyl (C=O) groups is 3. The molecule has 4 rings (SSSR count). The Balaban J connectivity index is 0.000000333. The average molecular weight is 589 g/mol. The molecule has 3 N–H and O–H groups in total. The summed E-state index contributed by atoms with van der Waals surface area (Å²) in [6.07, 6.45) is -4.11. The van der Waals surface area contributed by atoms with Gasteiger partial charge in [0, 0.05) is 39.1 Å². The Morgan fingerprint density at radius 3 is 2.02 bits per heavy atom. The summed E-state index contributed by atoms with van der Waals surface area (Å²) in [6.45, 7) is 4.82. The van der Waals surface area contributed by atoms with Crippen molar-refractivity contribution in [2.24, 2.45) is 5.92 Å². The number of alkyl halides is 6. The molecule has 1 spiro atoms. The van der Waals surface area contributed by atoms with E-state index in [4.69, 9.17) is 29.3 Å². The minimum absolute atomic E-state index is 0.0418. The van der Waals surface area contributed by atoms with Gasteiger partial charge in [0.2, 0.25) is 11.9 Å². The van der Waals surface area contributed by atoms with Crippen molar-refractivity contribution in [3.63, 3.8) is 0 Å². The van der Waals surface area contributed by atoms with Crippen LogP contribution in [0.3, 0.4) is 0 Å². The van der Waals surface area contributed by atoms with Crippen LogP contribution in [0.5, 0.6) is 0 Å². The predicted octanol–water partition coefficient (Wildman–Crippen LogP) is 1.18. The van der Waals surface area contributed by atoms with Crippen LogP contribution in [0.15, 0.2) is 18.5 Å². The molecule has 2 aliphatic heterocycles. The van der Waals surface area contributed by atoms with E-state index in [1.165, 1.54) is 12.8 Å². The van der Waals surface area contributed by atoms with Crippen molar-refractivity contribution in [2.45, 2.75) is 36.8 Å². The number of aliphatic carboxylic acids is 2. The van der Waals surface area contributed by atoms with Crippen LogP contribution in [0.1, 0.15) is 12.8 Å². The molecule has 2 saturated heterocycles. The maximum Gasteiger partial charge on any atom is 0.490 e. The second-order valence-electron chi connectivity index (χ2n) is 9.18. The number of morpholine rings is 1. The van der Waals surface area contributed by atoms with Gasteiger partial charge in [0.25, 0.3) is 0 Å². The lowest BCUT2D eigenvalue weighted by molar-refractivity contribution is -0.193. The summed E-state index contributed by atoms with van der Waals surface area (Å²) < 4.78 is 74.7. The SMILES string of the molecule is COCCNC(=O)C1COC2(CN(c3ncccn3)C2)CN1CC1CC1.O=C(O)C(F)(F)F.O=C(O)C(F)(F)F. The van der Waals surface area contributed by atoms with E-state index in [-0.39, 0.29) is 17.6 Å². The van der Waals surface area contributed by atoms with E-state index in [9.17, 15) is 31.1 Å². The molecule has 18 heteroatoms. The number of nitrogens with zero attached hydrogens (tertiary/aromatic N) is 4. The third-order valence-corrected chi connectivity index (χ3v) is 5.86. The first-order chi connectivity index (χ1) is 18.6. The number of rotatable bonds is 7. The molecule has 226 valence electrons. The van der Waals surface area contributed by atoms with Gasteiger partial charge in [0.1, 0.15) is 11.6 Å². The van der Waals surface area contributed by atoms with Gasteiger partial charge in [-0.1, -0.05) is 0 Å². The summed E-state index contributed by atoms with van der Waals surface area (Å²) in [6, 6.07) is 1.61. The van der Waals surface area contributed by atoms with Gasteiger partial charge >= 0.3 is 24.3 Å². The number of aromatic nitrogens is 2. The van der Waals surface area contributed by atoms with Gasteiger partial charge in [-0.15, -0.1) is 0 Å². The van der Waals surface area contributed by atoms with E-state index in [2.05, 4.69) is 25.1 Å². The fourth-order valence-electron chi connectivity index (χ4n) is 3.78. The van der Waals surface area contributed by atoms with Gasteiger partial charge in [0.05, 0.1) is 26.3 Å². The highest BCUT2D eigenvalue weighted by Gasteiger charge is 2.52. The summed E-state index contributed by atoms with van der Waals surface area (Å²) >= 11 is 0. The molecular formula is C22H29F6N5O7. The van der Waals surface area contributed by atoms with Crippen LogP contribution < -0.4 is 10.2 Å². The van der Waals surface area contributed by atoms with Crippen LogP contribution in [0.25, 0.3) is 0 Å². The Bertz CT molecular complexity index is 964. The lowest BCUT2D eigenvalue weighted by Crippen LogP contribution is -2.73. The van der Waals surface area contributed by atoms with Gasteiger partial charge in [-0.2, -0.15) is 26.3 Å². The number of amides is 1. The molecule has 1 amide bonds. The van der Waals surface area contributed by atoms with E-state index < -0.39 is 24.3 Å². The first kappa shape index (κ1) is 33.0. The van der Waals surface area contributed by atoms with Crippen molar-refractivity contribution in [3.05, 3.63) is 18.5 Å². The van der Waals surface area contributed by atoms with Gasteiger partial charge < -0.3 is 29.9 Å². The van der Waals surface area contributed by atoms with Crippen LogP contribution in [0.2, 0.25) is 0 Å². The number of nitrogens with one attached hydrogen (secondary N) is 1. The molecule has 0 bridgehead atoms. The lowest BCUT2D eigenvalue weighted by atomic mass is 9.90.